The number of nitrogens with one attached hydrogen (secondary N) is 1. The average molecular weight is 296 g/mol. The summed E-state index contributed by atoms with van der Waals surface area (Å²) in [5.74, 6) is 0.120. The zero-order valence-corrected chi connectivity index (χ0v) is 10.6. The minimum atomic E-state index is -0.376. The van der Waals surface area contributed by atoms with Crippen molar-refractivity contribution in [2.75, 3.05) is 5.32 Å². The number of carbonyl (C=O) groups excluding carboxylic acids is 1. The number of phenols is 1. The van der Waals surface area contributed by atoms with Gasteiger partial charge in [-0.05, 0) is 18.2 Å². The van der Waals surface area contributed by atoms with Gasteiger partial charge in [-0.2, -0.15) is 5.10 Å². The zero-order chi connectivity index (χ0) is 12.4. The number of hydrogen-bond donors (Lipinski definition) is 2. The number of hydrogen-bond acceptors (Lipinski definition) is 3. The summed E-state index contributed by atoms with van der Waals surface area (Å²) in [6.45, 7) is 0. The van der Waals surface area contributed by atoms with Crippen molar-refractivity contribution in [1.29, 1.82) is 0 Å². The van der Waals surface area contributed by atoms with Gasteiger partial charge in [-0.15, -0.1) is 0 Å². The normalized spacial score (nSPS) is 10.2. The maximum atomic E-state index is 11.9. The lowest BCUT2D eigenvalue weighted by Crippen LogP contribution is -2.14. The van der Waals surface area contributed by atoms with E-state index in [1.54, 1.807) is 31.4 Å². The quantitative estimate of drug-likeness (QED) is 0.892. The van der Waals surface area contributed by atoms with E-state index in [-0.39, 0.29) is 17.2 Å². The van der Waals surface area contributed by atoms with Crippen LogP contribution in [0.2, 0.25) is 0 Å². The van der Waals surface area contributed by atoms with Gasteiger partial charge >= 0.3 is 0 Å². The molecule has 0 fully saturated rings. The highest BCUT2D eigenvalue weighted by molar-refractivity contribution is 9.10. The van der Waals surface area contributed by atoms with Crippen molar-refractivity contribution in [2.45, 2.75) is 0 Å². The van der Waals surface area contributed by atoms with E-state index < -0.39 is 0 Å². The van der Waals surface area contributed by atoms with Crippen LogP contribution in [0, 0.1) is 0 Å². The SMILES string of the molecule is Cn1nccc1NC(=O)c1ccc(Br)cc1O. The van der Waals surface area contributed by atoms with Crippen LogP contribution in [0.15, 0.2) is 34.9 Å². The van der Waals surface area contributed by atoms with Gasteiger partial charge < -0.3 is 10.4 Å². The van der Waals surface area contributed by atoms with Gasteiger partial charge in [0.25, 0.3) is 5.91 Å². The third kappa shape index (κ3) is 2.47. The van der Waals surface area contributed by atoms with E-state index in [1.807, 2.05) is 0 Å². The lowest BCUT2D eigenvalue weighted by atomic mass is 10.2. The van der Waals surface area contributed by atoms with Crippen molar-refractivity contribution in [3.05, 3.63) is 40.5 Å². The van der Waals surface area contributed by atoms with Gasteiger partial charge in [-0.25, -0.2) is 0 Å². The first kappa shape index (κ1) is 11.7. The second kappa shape index (κ2) is 4.58. The summed E-state index contributed by atoms with van der Waals surface area (Å²) in [7, 11) is 1.72. The summed E-state index contributed by atoms with van der Waals surface area (Å²) in [6, 6.07) is 6.38. The van der Waals surface area contributed by atoms with Crippen LogP contribution in [-0.4, -0.2) is 20.8 Å². The number of aromatic nitrogens is 2. The van der Waals surface area contributed by atoms with Gasteiger partial charge in [0.05, 0.1) is 11.8 Å². The number of halogens is 1. The second-order valence-corrected chi connectivity index (χ2v) is 4.37. The molecule has 2 aromatic rings. The zero-order valence-electron chi connectivity index (χ0n) is 9.01. The molecule has 6 heteroatoms. The van der Waals surface area contributed by atoms with E-state index >= 15 is 0 Å². The van der Waals surface area contributed by atoms with Crippen molar-refractivity contribution in [3.8, 4) is 5.75 Å². The molecule has 0 aliphatic carbocycles. The van der Waals surface area contributed by atoms with Crippen LogP contribution in [0.5, 0.6) is 5.75 Å². The molecule has 0 saturated heterocycles. The fourth-order valence-electron chi connectivity index (χ4n) is 1.38. The van der Waals surface area contributed by atoms with Crippen molar-refractivity contribution >= 4 is 27.7 Å². The topological polar surface area (TPSA) is 67.2 Å². The van der Waals surface area contributed by atoms with E-state index in [9.17, 15) is 9.90 Å². The van der Waals surface area contributed by atoms with Crippen molar-refractivity contribution < 1.29 is 9.90 Å². The molecule has 0 saturated carbocycles. The Balaban J connectivity index is 2.23. The molecule has 2 rings (SSSR count). The summed E-state index contributed by atoms with van der Waals surface area (Å²) in [5, 5.41) is 16.2. The summed E-state index contributed by atoms with van der Waals surface area (Å²) in [4.78, 5) is 11.9. The largest absolute Gasteiger partial charge is 0.507 e. The molecular weight excluding hydrogens is 286 g/mol. The molecule has 88 valence electrons. The van der Waals surface area contributed by atoms with Crippen LogP contribution < -0.4 is 5.32 Å². The number of benzene rings is 1. The number of nitrogens with zero attached hydrogens (tertiary/aromatic N) is 2. The van der Waals surface area contributed by atoms with Crippen molar-refractivity contribution in [1.82, 2.24) is 9.78 Å². The standard InChI is InChI=1S/C11H10BrN3O2/c1-15-10(4-5-13-15)14-11(17)8-3-2-7(12)6-9(8)16/h2-6,16H,1H3,(H,14,17). The Morgan fingerprint density at radius 1 is 1.47 bits per heavy atom. The molecule has 17 heavy (non-hydrogen) atoms. The Kier molecular flexibility index (Phi) is 3.14. The first-order valence-electron chi connectivity index (χ1n) is 4.86. The molecule has 0 unspecified atom stereocenters. The predicted octanol–water partition coefficient (Wildman–Crippen LogP) is 2.14. The van der Waals surface area contributed by atoms with Gasteiger partial charge in [-0.3, -0.25) is 9.48 Å². The number of carbonyl (C=O) groups is 1. The van der Waals surface area contributed by atoms with Crippen molar-refractivity contribution in [2.24, 2.45) is 7.05 Å². The number of aryl methyl sites for hydroxylation is 1. The molecule has 1 amide bonds. The third-order valence-electron chi connectivity index (χ3n) is 2.27. The Hall–Kier alpha value is -1.82. The maximum absolute atomic E-state index is 11.9. The molecule has 0 bridgehead atoms. The summed E-state index contributed by atoms with van der Waals surface area (Å²) < 4.78 is 2.25. The van der Waals surface area contributed by atoms with Gasteiger partial charge in [0.15, 0.2) is 0 Å². The van der Waals surface area contributed by atoms with Crippen LogP contribution in [0.25, 0.3) is 0 Å². The highest BCUT2D eigenvalue weighted by Gasteiger charge is 2.12. The fourth-order valence-corrected chi connectivity index (χ4v) is 1.73. The highest BCUT2D eigenvalue weighted by atomic mass is 79.9. The molecule has 5 nitrogen and oxygen atoms in total. The summed E-state index contributed by atoms with van der Waals surface area (Å²) >= 11 is 3.21. The number of aromatic hydroxyl groups is 1. The first-order chi connectivity index (χ1) is 8.08. The lowest BCUT2D eigenvalue weighted by molar-refractivity contribution is 0.102. The van der Waals surface area contributed by atoms with Crippen LogP contribution in [0.1, 0.15) is 10.4 Å². The predicted molar refractivity (Wildman–Crippen MR) is 67.0 cm³/mol. The van der Waals surface area contributed by atoms with E-state index in [0.29, 0.717) is 10.3 Å². The summed E-state index contributed by atoms with van der Waals surface area (Å²) in [6.07, 6.45) is 1.58. The van der Waals surface area contributed by atoms with Gasteiger partial charge in [0, 0.05) is 17.6 Å². The number of amides is 1. The molecule has 0 aliphatic rings. The van der Waals surface area contributed by atoms with Crippen LogP contribution in [0.4, 0.5) is 5.82 Å². The van der Waals surface area contributed by atoms with Gasteiger partial charge in [0.2, 0.25) is 0 Å². The first-order valence-corrected chi connectivity index (χ1v) is 5.65. The molecule has 1 aromatic carbocycles. The number of phenolic OH excluding ortho intramolecular Hbond substituents is 1. The van der Waals surface area contributed by atoms with Gasteiger partial charge in [0.1, 0.15) is 11.6 Å². The molecule has 1 aromatic heterocycles. The molecule has 2 N–H and O–H groups in total. The number of rotatable bonds is 2. The third-order valence-corrected chi connectivity index (χ3v) is 2.76. The van der Waals surface area contributed by atoms with Crippen LogP contribution in [0.3, 0.4) is 0 Å². The van der Waals surface area contributed by atoms with E-state index in [2.05, 4.69) is 26.3 Å². The van der Waals surface area contributed by atoms with Crippen molar-refractivity contribution in [3.63, 3.8) is 0 Å². The molecule has 0 aliphatic heterocycles. The Morgan fingerprint density at radius 2 is 2.24 bits per heavy atom. The minimum absolute atomic E-state index is 0.0703. The maximum Gasteiger partial charge on any atom is 0.260 e. The number of anilines is 1. The van der Waals surface area contributed by atoms with Crippen LogP contribution >= 0.6 is 15.9 Å². The molecule has 0 atom stereocenters. The van der Waals surface area contributed by atoms with E-state index in [0.717, 1.165) is 0 Å². The van der Waals surface area contributed by atoms with E-state index in [4.69, 9.17) is 0 Å². The Labute approximate surface area is 106 Å². The molecule has 1 heterocycles. The molecule has 0 spiro atoms. The highest BCUT2D eigenvalue weighted by Crippen LogP contribution is 2.23. The monoisotopic (exact) mass is 295 g/mol. The van der Waals surface area contributed by atoms with Crippen LogP contribution in [-0.2, 0) is 7.05 Å². The Morgan fingerprint density at radius 3 is 2.82 bits per heavy atom. The minimum Gasteiger partial charge on any atom is -0.507 e. The summed E-state index contributed by atoms with van der Waals surface area (Å²) in [5.41, 5.74) is 0.217. The lowest BCUT2D eigenvalue weighted by Gasteiger charge is -2.07. The molecule has 0 radical (unpaired) electrons. The van der Waals surface area contributed by atoms with E-state index in [1.165, 1.54) is 10.7 Å². The second-order valence-electron chi connectivity index (χ2n) is 3.46. The fraction of sp³-hybridized carbons (Fsp3) is 0.0909. The average Bonchev–Trinajstić information content (AvgIpc) is 2.64. The Bertz CT molecular complexity index is 566. The molecular formula is C11H10BrN3O2. The van der Waals surface area contributed by atoms with Gasteiger partial charge in [-0.1, -0.05) is 15.9 Å². The smallest absolute Gasteiger partial charge is 0.260 e.